The van der Waals surface area contributed by atoms with Gasteiger partial charge in [-0.15, -0.1) is 0 Å². The lowest BCUT2D eigenvalue weighted by Crippen LogP contribution is -2.45. The first-order valence-corrected chi connectivity index (χ1v) is 25.4. The molecule has 4 aromatic heterocycles. The van der Waals surface area contributed by atoms with Crippen molar-refractivity contribution in [3.63, 3.8) is 0 Å². The summed E-state index contributed by atoms with van der Waals surface area (Å²) in [6.45, 7) is 27.4. The normalized spacial score (nSPS) is 19.6. The molecule has 15 nitrogen and oxygen atoms in total. The zero-order valence-corrected chi connectivity index (χ0v) is 44.9. The summed E-state index contributed by atoms with van der Waals surface area (Å²) in [5, 5.41) is 3.04. The zero-order valence-electron chi connectivity index (χ0n) is 44.9. The van der Waals surface area contributed by atoms with Gasteiger partial charge in [-0.25, -0.2) is 0 Å². The predicted octanol–water partition coefficient (Wildman–Crippen LogP) is 10.0. The third-order valence-corrected chi connectivity index (χ3v) is 15.6. The van der Waals surface area contributed by atoms with Crippen LogP contribution >= 0.6 is 0 Å². The summed E-state index contributed by atoms with van der Waals surface area (Å²) < 4.78 is 40.7. The number of nitrogens with one attached hydrogen (secondary N) is 5. The van der Waals surface area contributed by atoms with E-state index in [1.807, 2.05) is 13.8 Å². The number of hydrogen-bond donors (Lipinski definition) is 5. The van der Waals surface area contributed by atoms with Gasteiger partial charge in [0.2, 0.25) is 5.91 Å². The quantitative estimate of drug-likeness (QED) is 0.0796. The van der Waals surface area contributed by atoms with Crippen molar-refractivity contribution in [3.05, 3.63) is 112 Å². The van der Waals surface area contributed by atoms with Crippen molar-refractivity contribution in [1.82, 2.24) is 19.9 Å². The van der Waals surface area contributed by atoms with E-state index < -0.39 is 44.4 Å². The number of aromatic amines is 4. The van der Waals surface area contributed by atoms with Gasteiger partial charge in [0.15, 0.2) is 11.5 Å². The van der Waals surface area contributed by atoms with Crippen LogP contribution in [0, 0.1) is 16.2 Å². The van der Waals surface area contributed by atoms with Crippen LogP contribution in [0.25, 0.3) is 0 Å². The van der Waals surface area contributed by atoms with Crippen LogP contribution in [0.4, 0.5) is 5.69 Å². The average Bonchev–Trinajstić information content (AvgIpc) is 4.19. The summed E-state index contributed by atoms with van der Waals surface area (Å²) in [4.78, 5) is 58.2. The lowest BCUT2D eigenvalue weighted by Gasteiger charge is -2.40. The van der Waals surface area contributed by atoms with Gasteiger partial charge in [-0.3, -0.25) is 14.4 Å². The molecule has 7 rings (SSSR count). The number of anilines is 1. The van der Waals surface area contributed by atoms with Crippen LogP contribution in [0.15, 0.2) is 66.7 Å². The van der Waals surface area contributed by atoms with Crippen LogP contribution in [0.3, 0.4) is 0 Å². The molecule has 0 saturated heterocycles. The number of fused-ring (bicyclic) bond motifs is 9. The molecule has 15 heteroatoms. The van der Waals surface area contributed by atoms with E-state index in [1.165, 1.54) is 7.11 Å². The molecule has 0 radical (unpaired) electrons. The smallest absolute Gasteiger partial charge is 0.311 e. The third-order valence-electron chi connectivity index (χ3n) is 15.6. The molecule has 1 amide bonds. The molecule has 8 bridgehead atoms. The largest absolute Gasteiger partial charge is 0.487 e. The molecule has 5 N–H and O–H groups in total. The molecule has 2 aliphatic heterocycles. The molecule has 6 heterocycles. The van der Waals surface area contributed by atoms with Crippen molar-refractivity contribution in [2.24, 2.45) is 16.2 Å². The maximum atomic E-state index is 14.8. The highest BCUT2D eigenvalue weighted by Gasteiger charge is 2.50. The minimum absolute atomic E-state index is 0.0101. The van der Waals surface area contributed by atoms with E-state index in [1.54, 1.807) is 39.0 Å². The Morgan fingerprint density at radius 1 is 0.542 bits per heavy atom. The van der Waals surface area contributed by atoms with E-state index in [0.717, 1.165) is 45.6 Å². The first-order valence-electron chi connectivity index (χ1n) is 25.4. The predicted molar refractivity (Wildman–Crippen MR) is 277 cm³/mol. The number of H-pyrrole nitrogens is 4. The van der Waals surface area contributed by atoms with E-state index in [9.17, 15) is 14.4 Å². The molecular formula is C57H79N5O10. The number of ether oxygens (including phenoxy) is 7. The fraction of sp³-hybridized carbons (Fsp3) is 0.561. The van der Waals surface area contributed by atoms with Crippen molar-refractivity contribution in [2.45, 2.75) is 124 Å². The number of benzene rings is 1. The molecule has 2 atom stereocenters. The summed E-state index contributed by atoms with van der Waals surface area (Å²) in [7, 11) is 1.33. The second kappa shape index (κ2) is 21.0. The summed E-state index contributed by atoms with van der Waals surface area (Å²) in [6.07, 6.45) is 0.486. The molecule has 392 valence electrons. The van der Waals surface area contributed by atoms with Gasteiger partial charge in [-0.2, -0.15) is 0 Å². The van der Waals surface area contributed by atoms with Crippen molar-refractivity contribution >= 4 is 23.5 Å². The molecule has 0 fully saturated rings. The second-order valence-corrected chi connectivity index (χ2v) is 22.8. The van der Waals surface area contributed by atoms with Crippen LogP contribution < -0.4 is 14.8 Å². The number of hydrogen-bond acceptors (Lipinski definition) is 10. The zero-order chi connectivity index (χ0) is 52.3. The highest BCUT2D eigenvalue weighted by molar-refractivity contribution is 5.95. The maximum absolute atomic E-state index is 14.8. The number of rotatable bonds is 11. The van der Waals surface area contributed by atoms with Crippen LogP contribution in [-0.2, 0) is 59.7 Å². The Hall–Kier alpha value is -5.77. The Kier molecular flexibility index (Phi) is 15.7. The van der Waals surface area contributed by atoms with E-state index in [2.05, 4.69) is 122 Å². The Morgan fingerprint density at radius 2 is 0.944 bits per heavy atom. The van der Waals surface area contributed by atoms with E-state index >= 15 is 0 Å². The van der Waals surface area contributed by atoms with E-state index in [4.69, 9.17) is 33.2 Å². The van der Waals surface area contributed by atoms with Gasteiger partial charge in [-0.05, 0) is 142 Å². The van der Waals surface area contributed by atoms with Gasteiger partial charge in [0, 0.05) is 79.0 Å². The summed E-state index contributed by atoms with van der Waals surface area (Å²) >= 11 is 0. The minimum Gasteiger partial charge on any atom is -0.487 e. The van der Waals surface area contributed by atoms with Gasteiger partial charge in [-0.1, -0.05) is 20.8 Å². The van der Waals surface area contributed by atoms with Crippen LogP contribution in [0.2, 0.25) is 0 Å². The maximum Gasteiger partial charge on any atom is 0.311 e. The molecule has 2 aliphatic rings. The SMILES string of the molecule is CCC(C)(CC(C)(CC(C)(C)C(=O)Nc1ccc2c(c1)OCCOCCOCCOCCO2)C(=O)OC)C(=O)OCC1(C)c2ccc([nH]2)C(C)(C)c2ccc([nH]2)C(C)(C)c2ccc([nH]2)C(C)(C)c2ccc1[nH]2. The van der Waals surface area contributed by atoms with E-state index in [0.29, 0.717) is 69.9 Å². The number of amides is 1. The fourth-order valence-electron chi connectivity index (χ4n) is 10.3. The number of esters is 2. The first kappa shape index (κ1) is 54.0. The highest BCUT2D eigenvalue weighted by Crippen LogP contribution is 2.47. The number of aromatic nitrogens is 4. The number of carbonyl (C=O) groups is 3. The van der Waals surface area contributed by atoms with Crippen molar-refractivity contribution in [3.8, 4) is 11.5 Å². The van der Waals surface area contributed by atoms with Crippen molar-refractivity contribution in [2.75, 3.05) is 71.9 Å². The fourth-order valence-corrected chi connectivity index (χ4v) is 10.3. The second-order valence-electron chi connectivity index (χ2n) is 22.8. The van der Waals surface area contributed by atoms with Crippen molar-refractivity contribution in [1.29, 1.82) is 0 Å². The molecule has 72 heavy (non-hydrogen) atoms. The Bertz CT molecular complexity index is 2590. The summed E-state index contributed by atoms with van der Waals surface area (Å²) in [5.41, 5.74) is 2.98. The minimum atomic E-state index is -1.28. The van der Waals surface area contributed by atoms with Gasteiger partial charge in [0.25, 0.3) is 0 Å². The van der Waals surface area contributed by atoms with Gasteiger partial charge >= 0.3 is 11.9 Å². The van der Waals surface area contributed by atoms with Crippen molar-refractivity contribution < 1.29 is 47.5 Å². The molecule has 0 spiro atoms. The van der Waals surface area contributed by atoms with Crippen LogP contribution in [0.5, 0.6) is 11.5 Å². The monoisotopic (exact) mass is 994 g/mol. The highest BCUT2D eigenvalue weighted by atomic mass is 16.6. The van der Waals surface area contributed by atoms with Gasteiger partial charge in [0.1, 0.15) is 19.8 Å². The van der Waals surface area contributed by atoms with E-state index in [-0.39, 0.29) is 37.4 Å². The molecular weight excluding hydrogens is 915 g/mol. The Labute approximate surface area is 425 Å². The lowest BCUT2D eigenvalue weighted by molar-refractivity contribution is -0.165. The number of methoxy groups -OCH3 is 1. The first-order chi connectivity index (χ1) is 33.9. The Balaban J connectivity index is 1.12. The molecule has 5 aromatic rings. The summed E-state index contributed by atoms with van der Waals surface area (Å²) in [5.74, 6) is -0.386. The molecule has 0 aliphatic carbocycles. The number of carbonyl (C=O) groups excluding carboxylic acids is 3. The summed E-state index contributed by atoms with van der Waals surface area (Å²) in [6, 6.07) is 22.3. The van der Waals surface area contributed by atoms with Gasteiger partial charge in [0.05, 0.1) is 63.0 Å². The Morgan fingerprint density at radius 3 is 1.38 bits per heavy atom. The average molecular weight is 994 g/mol. The molecule has 0 saturated carbocycles. The van der Waals surface area contributed by atoms with Crippen LogP contribution in [0.1, 0.15) is 148 Å². The third kappa shape index (κ3) is 11.1. The standard InChI is InChI=1S/C57H79N5O10/c1-14-55(10,35-56(11,49(64)66-13)34-51(2,3)48(63)58-37-15-16-38-39(33-37)71-32-30-69-28-26-67-25-27-68-29-31-70-38)50(65)72-36-57(12)46-23-21-44(61-46)53(6,7)42-19-17-40(59-42)52(4,5)41-18-20-43(60-41)54(8,9)45-22-24-47(57)62-45/h15-24,33,59-62H,14,25-32,34-36H2,1-13H3,(H,58,63). The lowest BCUT2D eigenvalue weighted by atomic mass is 9.65. The topological polar surface area (TPSA) is 191 Å². The van der Waals surface area contributed by atoms with Gasteiger partial charge < -0.3 is 58.4 Å². The van der Waals surface area contributed by atoms with Crippen LogP contribution in [-0.4, -0.2) is 104 Å². The molecule has 2 unspecified atom stereocenters. The molecule has 1 aromatic carbocycles.